The number of benzene rings is 1. The van der Waals surface area contributed by atoms with Crippen molar-refractivity contribution < 1.29 is 14.7 Å². The number of hydrogen-bond donors (Lipinski definition) is 4. The van der Waals surface area contributed by atoms with E-state index in [1.807, 2.05) is 0 Å². The van der Waals surface area contributed by atoms with E-state index in [1.54, 1.807) is 12.1 Å². The lowest BCUT2D eigenvalue weighted by Crippen LogP contribution is -2.42. The Morgan fingerprint density at radius 1 is 1.28 bits per heavy atom. The second-order valence-corrected chi connectivity index (χ2v) is 3.98. The van der Waals surface area contributed by atoms with Gasteiger partial charge < -0.3 is 21.9 Å². The van der Waals surface area contributed by atoms with Crippen molar-refractivity contribution in [2.24, 2.45) is 11.5 Å². The van der Waals surface area contributed by atoms with Crippen LogP contribution < -0.4 is 16.8 Å². The number of rotatable bonds is 6. The fourth-order valence-corrected chi connectivity index (χ4v) is 1.42. The molecule has 1 aromatic rings. The molecule has 6 nitrogen and oxygen atoms in total. The summed E-state index contributed by atoms with van der Waals surface area (Å²) in [6.07, 6.45) is 0.459. The Morgan fingerprint density at radius 3 is 2.44 bits per heavy atom. The van der Waals surface area contributed by atoms with Crippen LogP contribution in [0.2, 0.25) is 0 Å². The van der Waals surface area contributed by atoms with E-state index < -0.39 is 11.9 Å². The summed E-state index contributed by atoms with van der Waals surface area (Å²) in [5.74, 6) is -0.634. The van der Waals surface area contributed by atoms with Gasteiger partial charge >= 0.3 is 0 Å². The van der Waals surface area contributed by atoms with Gasteiger partial charge in [0, 0.05) is 13.0 Å². The number of carbonyl (C=O) groups is 2. The number of phenols is 1. The van der Waals surface area contributed by atoms with Crippen molar-refractivity contribution in [1.29, 1.82) is 0 Å². The average Bonchev–Trinajstić information content (AvgIpc) is 2.31. The number of amides is 2. The van der Waals surface area contributed by atoms with Crippen molar-refractivity contribution in [2.45, 2.75) is 18.9 Å². The minimum atomic E-state index is -0.692. The molecule has 0 radical (unpaired) electrons. The number of phenolic OH excluding ortho intramolecular Hbond substituents is 1. The van der Waals surface area contributed by atoms with Gasteiger partial charge in [0.2, 0.25) is 11.8 Å². The monoisotopic (exact) mass is 251 g/mol. The summed E-state index contributed by atoms with van der Waals surface area (Å²) in [4.78, 5) is 22.0. The zero-order valence-electron chi connectivity index (χ0n) is 9.93. The average molecular weight is 251 g/mol. The highest BCUT2D eigenvalue weighted by Crippen LogP contribution is 2.10. The first-order valence-electron chi connectivity index (χ1n) is 5.58. The Hall–Kier alpha value is -2.08. The number of hydrogen-bond acceptors (Lipinski definition) is 4. The van der Waals surface area contributed by atoms with Crippen molar-refractivity contribution in [1.82, 2.24) is 5.32 Å². The highest BCUT2D eigenvalue weighted by Gasteiger charge is 2.13. The maximum Gasteiger partial charge on any atom is 0.237 e. The molecule has 0 aromatic heterocycles. The molecular weight excluding hydrogens is 234 g/mol. The summed E-state index contributed by atoms with van der Waals surface area (Å²) in [5.41, 5.74) is 11.5. The highest BCUT2D eigenvalue weighted by atomic mass is 16.3. The molecule has 2 amide bonds. The molecule has 98 valence electrons. The van der Waals surface area contributed by atoms with Crippen LogP contribution in [0.15, 0.2) is 24.3 Å². The van der Waals surface area contributed by atoms with Crippen LogP contribution in [-0.4, -0.2) is 29.5 Å². The minimum absolute atomic E-state index is 0.0949. The van der Waals surface area contributed by atoms with Crippen LogP contribution in [0, 0.1) is 0 Å². The molecule has 0 bridgehead atoms. The zero-order valence-corrected chi connectivity index (χ0v) is 9.93. The van der Waals surface area contributed by atoms with Gasteiger partial charge in [-0.3, -0.25) is 9.59 Å². The molecule has 6 heteroatoms. The SMILES string of the molecule is NC(=O)CCNC(=O)C(N)Cc1ccc(O)cc1. The first kappa shape index (κ1) is 14.0. The third-order valence-corrected chi connectivity index (χ3v) is 2.40. The predicted molar refractivity (Wildman–Crippen MR) is 66.6 cm³/mol. The summed E-state index contributed by atoms with van der Waals surface area (Å²) in [6.45, 7) is 0.192. The van der Waals surface area contributed by atoms with Gasteiger partial charge in [-0.2, -0.15) is 0 Å². The molecule has 1 aromatic carbocycles. The Kier molecular flexibility index (Phi) is 5.13. The molecule has 1 rings (SSSR count). The topological polar surface area (TPSA) is 118 Å². The van der Waals surface area contributed by atoms with Crippen molar-refractivity contribution in [2.75, 3.05) is 6.54 Å². The first-order valence-corrected chi connectivity index (χ1v) is 5.58. The first-order chi connectivity index (χ1) is 8.49. The van der Waals surface area contributed by atoms with E-state index >= 15 is 0 Å². The zero-order chi connectivity index (χ0) is 13.5. The molecule has 6 N–H and O–H groups in total. The third-order valence-electron chi connectivity index (χ3n) is 2.40. The fourth-order valence-electron chi connectivity index (χ4n) is 1.42. The lowest BCUT2D eigenvalue weighted by molar-refractivity contribution is -0.122. The van der Waals surface area contributed by atoms with E-state index in [2.05, 4.69) is 5.32 Å². The van der Waals surface area contributed by atoms with E-state index in [1.165, 1.54) is 12.1 Å². The van der Waals surface area contributed by atoms with Crippen LogP contribution in [-0.2, 0) is 16.0 Å². The lowest BCUT2D eigenvalue weighted by Gasteiger charge is -2.11. The Morgan fingerprint density at radius 2 is 1.89 bits per heavy atom. The van der Waals surface area contributed by atoms with Gasteiger partial charge in [0.05, 0.1) is 6.04 Å². The van der Waals surface area contributed by atoms with Crippen LogP contribution >= 0.6 is 0 Å². The molecule has 0 heterocycles. The van der Waals surface area contributed by atoms with E-state index in [0.717, 1.165) is 5.56 Å². The lowest BCUT2D eigenvalue weighted by atomic mass is 10.1. The Labute approximate surface area is 105 Å². The maximum atomic E-state index is 11.6. The molecule has 1 unspecified atom stereocenters. The minimum Gasteiger partial charge on any atom is -0.508 e. The van der Waals surface area contributed by atoms with Gasteiger partial charge in [-0.1, -0.05) is 12.1 Å². The second kappa shape index (κ2) is 6.61. The second-order valence-electron chi connectivity index (χ2n) is 3.98. The Bertz CT molecular complexity index is 417. The van der Waals surface area contributed by atoms with Gasteiger partial charge in [0.25, 0.3) is 0 Å². The van der Waals surface area contributed by atoms with Crippen LogP contribution in [0.25, 0.3) is 0 Å². The predicted octanol–water partition coefficient (Wildman–Crippen LogP) is -0.746. The molecule has 0 saturated carbocycles. The quantitative estimate of drug-likeness (QED) is 0.532. The number of aromatic hydroxyl groups is 1. The Balaban J connectivity index is 2.39. The van der Waals surface area contributed by atoms with Gasteiger partial charge in [-0.15, -0.1) is 0 Å². The number of primary amides is 1. The molecule has 0 saturated heterocycles. The number of nitrogens with one attached hydrogen (secondary N) is 1. The van der Waals surface area contributed by atoms with Crippen molar-refractivity contribution in [3.8, 4) is 5.75 Å². The van der Waals surface area contributed by atoms with Gasteiger partial charge in [0.1, 0.15) is 5.75 Å². The van der Waals surface area contributed by atoms with Crippen LogP contribution in [0.5, 0.6) is 5.75 Å². The van der Waals surface area contributed by atoms with E-state index in [-0.39, 0.29) is 24.6 Å². The normalized spacial score (nSPS) is 11.8. The van der Waals surface area contributed by atoms with Crippen LogP contribution in [0.4, 0.5) is 0 Å². The van der Waals surface area contributed by atoms with E-state index in [0.29, 0.717) is 6.42 Å². The fraction of sp³-hybridized carbons (Fsp3) is 0.333. The molecule has 0 aliphatic carbocycles. The molecule has 0 fully saturated rings. The summed E-state index contributed by atoms with van der Waals surface area (Å²) in [7, 11) is 0. The third kappa shape index (κ3) is 4.84. The maximum absolute atomic E-state index is 11.6. The number of nitrogens with two attached hydrogens (primary N) is 2. The van der Waals surface area contributed by atoms with Crippen LogP contribution in [0.1, 0.15) is 12.0 Å². The highest BCUT2D eigenvalue weighted by molar-refractivity contribution is 5.82. The largest absolute Gasteiger partial charge is 0.508 e. The summed E-state index contributed by atoms with van der Waals surface area (Å²) in [6, 6.07) is 5.78. The molecule has 1 atom stereocenters. The smallest absolute Gasteiger partial charge is 0.237 e. The van der Waals surface area contributed by atoms with Crippen LogP contribution in [0.3, 0.4) is 0 Å². The molecule has 0 spiro atoms. The van der Waals surface area contributed by atoms with E-state index in [4.69, 9.17) is 16.6 Å². The van der Waals surface area contributed by atoms with Gasteiger partial charge in [0.15, 0.2) is 0 Å². The van der Waals surface area contributed by atoms with Crippen molar-refractivity contribution in [3.63, 3.8) is 0 Å². The van der Waals surface area contributed by atoms with Crippen molar-refractivity contribution in [3.05, 3.63) is 29.8 Å². The molecule has 0 aliphatic heterocycles. The van der Waals surface area contributed by atoms with Crippen molar-refractivity contribution >= 4 is 11.8 Å². The number of carbonyl (C=O) groups excluding carboxylic acids is 2. The molecular formula is C12H17N3O3. The van der Waals surface area contributed by atoms with Gasteiger partial charge in [-0.05, 0) is 24.1 Å². The molecule has 0 aliphatic rings. The van der Waals surface area contributed by atoms with Gasteiger partial charge in [-0.25, -0.2) is 0 Å². The summed E-state index contributed by atoms with van der Waals surface area (Å²) >= 11 is 0. The summed E-state index contributed by atoms with van der Waals surface area (Å²) in [5, 5.41) is 11.6. The molecule has 18 heavy (non-hydrogen) atoms. The van der Waals surface area contributed by atoms with E-state index in [9.17, 15) is 9.59 Å². The standard InChI is InChI=1S/C12H17N3O3/c13-10(12(18)15-6-5-11(14)17)7-8-1-3-9(16)4-2-8/h1-4,10,16H,5-7,13H2,(H2,14,17)(H,15,18). The summed E-state index contributed by atoms with van der Waals surface area (Å²) < 4.78 is 0.